The molecule has 0 amide bonds. The molecule has 25 heavy (non-hydrogen) atoms. The summed E-state index contributed by atoms with van der Waals surface area (Å²) >= 11 is 0. The van der Waals surface area contributed by atoms with Crippen molar-refractivity contribution in [2.24, 2.45) is 0 Å². The van der Waals surface area contributed by atoms with E-state index in [0.717, 1.165) is 29.1 Å². The Bertz CT molecular complexity index is 1050. The van der Waals surface area contributed by atoms with Crippen molar-refractivity contribution in [2.45, 2.75) is 6.42 Å². The number of hydrogen-bond acceptors (Lipinski definition) is 2. The van der Waals surface area contributed by atoms with Crippen molar-refractivity contribution < 1.29 is 0 Å². The van der Waals surface area contributed by atoms with Crippen molar-refractivity contribution in [1.29, 1.82) is 0 Å². The largest absolute Gasteiger partial charge is 0.254 e. The second kappa shape index (κ2) is 5.67. The molecular formula is C23H16N2. The first-order valence-corrected chi connectivity index (χ1v) is 8.49. The van der Waals surface area contributed by atoms with Crippen LogP contribution in [-0.4, -0.2) is 9.97 Å². The number of aromatic nitrogens is 2. The van der Waals surface area contributed by atoms with Crippen LogP contribution in [0.25, 0.3) is 33.8 Å². The van der Waals surface area contributed by atoms with E-state index >= 15 is 0 Å². The monoisotopic (exact) mass is 320 g/mol. The Labute approximate surface area is 146 Å². The quantitative estimate of drug-likeness (QED) is 0.436. The Morgan fingerprint density at radius 2 is 1.32 bits per heavy atom. The van der Waals surface area contributed by atoms with Gasteiger partial charge in [-0.15, -0.1) is 0 Å². The normalized spacial score (nSPS) is 11.8. The molecule has 0 N–H and O–H groups in total. The van der Waals surface area contributed by atoms with Crippen molar-refractivity contribution in [3.05, 3.63) is 96.2 Å². The predicted octanol–water partition coefficient (Wildman–Crippen LogP) is 5.38. The minimum atomic E-state index is 0.903. The first kappa shape index (κ1) is 14.1. The Balaban J connectivity index is 1.79. The number of pyridine rings is 2. The summed E-state index contributed by atoms with van der Waals surface area (Å²) in [6.07, 6.45) is 2.75. The zero-order chi connectivity index (χ0) is 16.6. The van der Waals surface area contributed by atoms with Gasteiger partial charge in [-0.05, 0) is 28.8 Å². The van der Waals surface area contributed by atoms with Crippen LogP contribution in [0, 0.1) is 0 Å². The first-order valence-electron chi connectivity index (χ1n) is 8.49. The van der Waals surface area contributed by atoms with Gasteiger partial charge in [-0.2, -0.15) is 0 Å². The molecule has 0 atom stereocenters. The van der Waals surface area contributed by atoms with Gasteiger partial charge in [-0.3, -0.25) is 4.98 Å². The van der Waals surface area contributed by atoms with Crippen LogP contribution in [0.5, 0.6) is 0 Å². The lowest BCUT2D eigenvalue weighted by atomic mass is 9.97. The number of fused-ring (bicyclic) bond motifs is 3. The topological polar surface area (TPSA) is 25.8 Å². The summed E-state index contributed by atoms with van der Waals surface area (Å²) in [7, 11) is 0. The lowest BCUT2D eigenvalue weighted by Gasteiger charge is -2.12. The highest BCUT2D eigenvalue weighted by Gasteiger charge is 2.24. The molecule has 2 nitrogen and oxygen atoms in total. The smallest absolute Gasteiger partial charge is 0.0932 e. The van der Waals surface area contributed by atoms with Crippen LogP contribution in [0.4, 0.5) is 0 Å². The summed E-state index contributed by atoms with van der Waals surface area (Å²) in [5.41, 5.74) is 9.08. The first-order chi connectivity index (χ1) is 12.4. The molecule has 2 heteroatoms. The third-order valence-corrected chi connectivity index (χ3v) is 4.73. The standard InChI is InChI=1S/C23H16N2/c1-3-8-16(9-4-1)20-15-19-14-18-12-7-13-24-22(18)23(19)25-21(20)17-10-5-2-6-11-17/h1-13,15H,14H2. The fraction of sp³-hybridized carbons (Fsp3) is 0.0435. The van der Waals surface area contributed by atoms with Gasteiger partial charge in [0.05, 0.1) is 17.1 Å². The maximum absolute atomic E-state index is 5.08. The van der Waals surface area contributed by atoms with E-state index in [1.54, 1.807) is 0 Å². The van der Waals surface area contributed by atoms with E-state index in [1.165, 1.54) is 22.3 Å². The third kappa shape index (κ3) is 2.34. The van der Waals surface area contributed by atoms with E-state index in [4.69, 9.17) is 4.98 Å². The molecule has 2 aromatic heterocycles. The summed E-state index contributed by atoms with van der Waals surface area (Å²) in [6, 6.07) is 27.3. The molecule has 0 aliphatic heterocycles. The van der Waals surface area contributed by atoms with E-state index in [2.05, 4.69) is 65.6 Å². The van der Waals surface area contributed by atoms with E-state index in [-0.39, 0.29) is 0 Å². The Morgan fingerprint density at radius 3 is 2.08 bits per heavy atom. The molecule has 0 bridgehead atoms. The van der Waals surface area contributed by atoms with Gasteiger partial charge in [0.1, 0.15) is 0 Å². The van der Waals surface area contributed by atoms with Gasteiger partial charge in [0.15, 0.2) is 0 Å². The summed E-state index contributed by atoms with van der Waals surface area (Å²) in [6.45, 7) is 0. The molecule has 0 radical (unpaired) electrons. The van der Waals surface area contributed by atoms with Gasteiger partial charge >= 0.3 is 0 Å². The summed E-state index contributed by atoms with van der Waals surface area (Å²) in [5.74, 6) is 0. The molecule has 2 heterocycles. The molecule has 118 valence electrons. The molecule has 1 aliphatic carbocycles. The number of hydrogen-bond donors (Lipinski definition) is 0. The van der Waals surface area contributed by atoms with Gasteiger partial charge in [-0.1, -0.05) is 66.7 Å². The SMILES string of the molecule is c1ccc(-c2cc3c(nc2-c2ccccc2)-c2ncccc2C3)cc1. The third-order valence-electron chi connectivity index (χ3n) is 4.73. The molecule has 0 saturated carbocycles. The van der Waals surface area contributed by atoms with Crippen molar-refractivity contribution in [3.8, 4) is 33.8 Å². The predicted molar refractivity (Wildman–Crippen MR) is 101 cm³/mol. The molecule has 0 saturated heterocycles. The van der Waals surface area contributed by atoms with Crippen LogP contribution in [0.1, 0.15) is 11.1 Å². The van der Waals surface area contributed by atoms with E-state index in [0.29, 0.717) is 0 Å². The summed E-state index contributed by atoms with van der Waals surface area (Å²) in [5, 5.41) is 0. The van der Waals surface area contributed by atoms with Gasteiger partial charge < -0.3 is 0 Å². The molecule has 0 unspecified atom stereocenters. The van der Waals surface area contributed by atoms with E-state index < -0.39 is 0 Å². The van der Waals surface area contributed by atoms with Crippen LogP contribution >= 0.6 is 0 Å². The molecule has 1 aliphatic rings. The van der Waals surface area contributed by atoms with Crippen molar-refractivity contribution in [2.75, 3.05) is 0 Å². The molecular weight excluding hydrogens is 304 g/mol. The zero-order valence-corrected chi connectivity index (χ0v) is 13.7. The zero-order valence-electron chi connectivity index (χ0n) is 13.7. The Hall–Kier alpha value is -3.26. The van der Waals surface area contributed by atoms with Gasteiger partial charge in [0.25, 0.3) is 0 Å². The highest BCUT2D eigenvalue weighted by molar-refractivity contribution is 5.85. The maximum atomic E-state index is 5.08. The Morgan fingerprint density at radius 1 is 0.600 bits per heavy atom. The lowest BCUT2D eigenvalue weighted by Crippen LogP contribution is -1.95. The minimum absolute atomic E-state index is 0.903. The minimum Gasteiger partial charge on any atom is -0.254 e. The maximum Gasteiger partial charge on any atom is 0.0932 e. The second-order valence-electron chi connectivity index (χ2n) is 6.31. The lowest BCUT2D eigenvalue weighted by molar-refractivity contribution is 1.22. The van der Waals surface area contributed by atoms with Gasteiger partial charge in [-0.25, -0.2) is 4.98 Å². The number of rotatable bonds is 2. The molecule has 0 spiro atoms. The average molecular weight is 320 g/mol. The second-order valence-corrected chi connectivity index (χ2v) is 6.31. The summed E-state index contributed by atoms with van der Waals surface area (Å²) < 4.78 is 0. The fourth-order valence-electron chi connectivity index (χ4n) is 3.55. The van der Waals surface area contributed by atoms with Crippen molar-refractivity contribution in [1.82, 2.24) is 9.97 Å². The van der Waals surface area contributed by atoms with Crippen molar-refractivity contribution in [3.63, 3.8) is 0 Å². The number of nitrogens with zero attached hydrogens (tertiary/aromatic N) is 2. The van der Waals surface area contributed by atoms with Crippen LogP contribution in [0.3, 0.4) is 0 Å². The summed E-state index contributed by atoms with van der Waals surface area (Å²) in [4.78, 5) is 9.65. The van der Waals surface area contributed by atoms with Crippen LogP contribution in [-0.2, 0) is 6.42 Å². The fourth-order valence-corrected chi connectivity index (χ4v) is 3.55. The van der Waals surface area contributed by atoms with Crippen molar-refractivity contribution >= 4 is 0 Å². The highest BCUT2D eigenvalue weighted by Crippen LogP contribution is 2.39. The van der Waals surface area contributed by atoms with Crippen LogP contribution in [0.15, 0.2) is 85.1 Å². The Kier molecular flexibility index (Phi) is 3.20. The van der Waals surface area contributed by atoms with E-state index in [9.17, 15) is 0 Å². The van der Waals surface area contributed by atoms with Gasteiger partial charge in [0, 0.05) is 23.7 Å². The molecule has 2 aromatic carbocycles. The number of benzene rings is 2. The molecule has 4 aromatic rings. The molecule has 5 rings (SSSR count). The molecule has 0 fully saturated rings. The van der Waals surface area contributed by atoms with Crippen LogP contribution in [0.2, 0.25) is 0 Å². The highest BCUT2D eigenvalue weighted by atomic mass is 14.8. The van der Waals surface area contributed by atoms with Gasteiger partial charge in [0.2, 0.25) is 0 Å². The van der Waals surface area contributed by atoms with E-state index in [1.807, 2.05) is 24.4 Å². The average Bonchev–Trinajstić information content (AvgIpc) is 3.06. The van der Waals surface area contributed by atoms with Crippen LogP contribution < -0.4 is 0 Å².